The van der Waals surface area contributed by atoms with Crippen LogP contribution in [0.15, 0.2) is 11.6 Å². The number of esters is 1. The summed E-state index contributed by atoms with van der Waals surface area (Å²) in [7, 11) is 0. The first-order valence-electron chi connectivity index (χ1n) is 22.5. The molecule has 3 saturated carbocycles. The maximum absolute atomic E-state index is 12.9. The molecule has 0 aromatic rings. The molecule has 0 aromatic heterocycles. The topological polar surface area (TPSA) is 26.3 Å². The van der Waals surface area contributed by atoms with Crippen molar-refractivity contribution in [2.45, 2.75) is 228 Å². The van der Waals surface area contributed by atoms with Crippen LogP contribution in [0.25, 0.3) is 0 Å². The summed E-state index contributed by atoms with van der Waals surface area (Å²) in [5.41, 5.74) is 2.52. The molecular weight excluding hydrogens is 597 g/mol. The molecule has 0 amide bonds. The van der Waals surface area contributed by atoms with Crippen molar-refractivity contribution in [1.29, 1.82) is 0 Å². The molecule has 0 radical (unpaired) electrons. The fourth-order valence-corrected chi connectivity index (χ4v) is 12.3. The van der Waals surface area contributed by atoms with Crippen LogP contribution in [0, 0.1) is 52.3 Å². The molecule has 0 aromatic carbocycles. The monoisotopic (exact) mass is 681 g/mol. The third-order valence-electron chi connectivity index (χ3n) is 15.6. The van der Waals surface area contributed by atoms with Crippen LogP contribution in [-0.4, -0.2) is 12.1 Å². The molecule has 284 valence electrons. The summed E-state index contributed by atoms with van der Waals surface area (Å²) in [6.07, 6.45) is 38.3. The average molecular weight is 681 g/mol. The Kier molecular flexibility index (Phi) is 17.1. The van der Waals surface area contributed by atoms with E-state index in [2.05, 4.69) is 54.5 Å². The van der Waals surface area contributed by atoms with Gasteiger partial charge in [0.1, 0.15) is 6.10 Å². The first-order valence-corrected chi connectivity index (χ1v) is 22.5. The average Bonchev–Trinajstić information content (AvgIpc) is 3.44. The van der Waals surface area contributed by atoms with Crippen molar-refractivity contribution < 1.29 is 9.53 Å². The first kappa shape index (κ1) is 41.0. The lowest BCUT2D eigenvalue weighted by molar-refractivity contribution is -0.151. The molecule has 0 N–H and O–H groups in total. The predicted molar refractivity (Wildman–Crippen MR) is 212 cm³/mol. The smallest absolute Gasteiger partial charge is 0.306 e. The highest BCUT2D eigenvalue weighted by atomic mass is 16.5. The Morgan fingerprint density at radius 3 is 1.96 bits per heavy atom. The second kappa shape index (κ2) is 20.5. The van der Waals surface area contributed by atoms with E-state index < -0.39 is 0 Å². The molecule has 0 aliphatic heterocycles. The Morgan fingerprint density at radius 2 is 1.37 bits per heavy atom. The first-order chi connectivity index (χ1) is 23.6. The molecule has 0 saturated heterocycles. The van der Waals surface area contributed by atoms with E-state index in [1.165, 1.54) is 148 Å². The highest BCUT2D eigenvalue weighted by molar-refractivity contribution is 5.69. The van der Waals surface area contributed by atoms with Gasteiger partial charge in [0.2, 0.25) is 0 Å². The molecule has 49 heavy (non-hydrogen) atoms. The van der Waals surface area contributed by atoms with Gasteiger partial charge in [0, 0.05) is 12.8 Å². The highest BCUT2D eigenvalue weighted by Gasteiger charge is 2.59. The summed E-state index contributed by atoms with van der Waals surface area (Å²) in [6.45, 7) is 17.5. The predicted octanol–water partition coefficient (Wildman–Crippen LogP) is 14.8. The minimum Gasteiger partial charge on any atom is -0.462 e. The Bertz CT molecular complexity index is 981. The quantitative estimate of drug-likeness (QED) is 0.0610. The van der Waals surface area contributed by atoms with Crippen molar-refractivity contribution in [3.8, 4) is 0 Å². The molecule has 0 heterocycles. The van der Waals surface area contributed by atoms with Gasteiger partial charge in [-0.2, -0.15) is 0 Å². The second-order valence-corrected chi connectivity index (χ2v) is 19.0. The second-order valence-electron chi connectivity index (χ2n) is 19.0. The van der Waals surface area contributed by atoms with Crippen molar-refractivity contribution in [3.63, 3.8) is 0 Å². The highest BCUT2D eigenvalue weighted by Crippen LogP contribution is 2.67. The summed E-state index contributed by atoms with van der Waals surface area (Å²) in [5, 5.41) is 0. The Labute approximate surface area is 306 Å². The van der Waals surface area contributed by atoms with Crippen LogP contribution in [0.5, 0.6) is 0 Å². The minimum absolute atomic E-state index is 0.0655. The number of fused-ring (bicyclic) bond motifs is 5. The van der Waals surface area contributed by atoms with Gasteiger partial charge in [-0.1, -0.05) is 163 Å². The van der Waals surface area contributed by atoms with Crippen LogP contribution < -0.4 is 0 Å². The van der Waals surface area contributed by atoms with E-state index in [-0.39, 0.29) is 12.1 Å². The molecule has 5 unspecified atom stereocenters. The van der Waals surface area contributed by atoms with Crippen molar-refractivity contribution in [2.24, 2.45) is 52.3 Å². The lowest BCUT2D eigenvalue weighted by atomic mass is 9.47. The normalized spacial score (nSPS) is 32.2. The van der Waals surface area contributed by atoms with E-state index in [1.807, 2.05) is 0 Å². The maximum Gasteiger partial charge on any atom is 0.306 e. The molecule has 2 heteroatoms. The summed E-state index contributed by atoms with van der Waals surface area (Å²) in [6, 6.07) is 0. The Hall–Kier alpha value is -0.790. The van der Waals surface area contributed by atoms with Crippen molar-refractivity contribution in [3.05, 3.63) is 11.6 Å². The summed E-state index contributed by atoms with van der Waals surface area (Å²) < 4.78 is 6.15. The summed E-state index contributed by atoms with van der Waals surface area (Å²) in [5.74, 6) is 6.18. The third kappa shape index (κ3) is 11.1. The molecule has 4 aliphatic rings. The molecule has 4 aliphatic carbocycles. The molecule has 4 rings (SSSR count). The number of allylic oxidation sites excluding steroid dienone is 1. The fraction of sp³-hybridized carbons (Fsp3) is 0.936. The summed E-state index contributed by atoms with van der Waals surface area (Å²) in [4.78, 5) is 12.9. The number of rotatable bonds is 23. The maximum atomic E-state index is 12.9. The van der Waals surface area contributed by atoms with E-state index >= 15 is 0 Å². The van der Waals surface area contributed by atoms with Gasteiger partial charge in [-0.15, -0.1) is 0 Å². The lowest BCUT2D eigenvalue weighted by Crippen LogP contribution is -2.51. The standard InChI is InChI=1S/C47H84O2/c1-8-10-11-12-13-14-15-16-17-18-19-20-21-22-23-24-45(48)49-40-31-33-46(6)39(35-40)27-28-41-43-30-29-42(47(43,7)34-32-44(41)46)37(5)25-26-38(9-2)36(3)4/h27,36-38,40-44H,8-26,28-35H2,1-7H3/t37?,38?,40-,41?,42+,43?,44?,46-,47+/m0/s1. The van der Waals surface area contributed by atoms with Crippen LogP contribution in [0.3, 0.4) is 0 Å². The SMILES string of the molecule is CCCCCCCCCCCCCCCCCC(=O)O[C@H]1CC[C@@]2(C)C(=CCC3C2CC[C@@]2(C)C3CC[C@@H]2C(C)CCC(CC)C(C)C)C1. The lowest BCUT2D eigenvalue weighted by Gasteiger charge is -2.58. The van der Waals surface area contributed by atoms with E-state index in [9.17, 15) is 4.79 Å². The van der Waals surface area contributed by atoms with Gasteiger partial charge in [0.25, 0.3) is 0 Å². The number of hydrogen-bond donors (Lipinski definition) is 0. The number of unbranched alkanes of at least 4 members (excludes halogenated alkanes) is 14. The third-order valence-corrected chi connectivity index (χ3v) is 15.6. The van der Waals surface area contributed by atoms with Crippen molar-refractivity contribution in [2.75, 3.05) is 0 Å². The fourth-order valence-electron chi connectivity index (χ4n) is 12.3. The molecule has 2 nitrogen and oxygen atoms in total. The van der Waals surface area contributed by atoms with Crippen molar-refractivity contribution >= 4 is 5.97 Å². The Balaban J connectivity index is 1.12. The van der Waals surface area contributed by atoms with E-state index in [1.54, 1.807) is 5.57 Å². The van der Waals surface area contributed by atoms with Crippen LogP contribution in [0.1, 0.15) is 222 Å². The van der Waals surface area contributed by atoms with Gasteiger partial charge in [-0.3, -0.25) is 4.79 Å². The Morgan fingerprint density at radius 1 is 0.755 bits per heavy atom. The van der Waals surface area contributed by atoms with Crippen LogP contribution in [0.4, 0.5) is 0 Å². The zero-order chi connectivity index (χ0) is 35.3. The number of ether oxygens (including phenoxy) is 1. The van der Waals surface area contributed by atoms with Gasteiger partial charge in [0.15, 0.2) is 0 Å². The summed E-state index contributed by atoms with van der Waals surface area (Å²) >= 11 is 0. The van der Waals surface area contributed by atoms with E-state index in [0.717, 1.165) is 60.7 Å². The van der Waals surface area contributed by atoms with E-state index in [4.69, 9.17) is 4.74 Å². The van der Waals surface area contributed by atoms with Gasteiger partial charge < -0.3 is 4.74 Å². The van der Waals surface area contributed by atoms with Gasteiger partial charge >= 0.3 is 5.97 Å². The molecule has 0 bridgehead atoms. The molecule has 3 fully saturated rings. The van der Waals surface area contributed by atoms with Crippen molar-refractivity contribution in [1.82, 2.24) is 0 Å². The number of carbonyl (C=O) groups is 1. The largest absolute Gasteiger partial charge is 0.462 e. The number of carbonyl (C=O) groups excluding carboxylic acids is 1. The van der Waals surface area contributed by atoms with E-state index in [0.29, 0.717) is 17.3 Å². The van der Waals surface area contributed by atoms with Crippen LogP contribution in [-0.2, 0) is 9.53 Å². The molecule has 9 atom stereocenters. The number of hydrogen-bond acceptors (Lipinski definition) is 2. The molecular formula is C47H84O2. The zero-order valence-electron chi connectivity index (χ0n) is 34.1. The minimum atomic E-state index is 0.0655. The zero-order valence-corrected chi connectivity index (χ0v) is 34.1. The molecule has 0 spiro atoms. The van der Waals surface area contributed by atoms with Crippen LogP contribution in [0.2, 0.25) is 0 Å². The van der Waals surface area contributed by atoms with Crippen LogP contribution >= 0.6 is 0 Å². The van der Waals surface area contributed by atoms with Gasteiger partial charge in [-0.25, -0.2) is 0 Å². The van der Waals surface area contributed by atoms with Gasteiger partial charge in [0.05, 0.1) is 0 Å². The van der Waals surface area contributed by atoms with Gasteiger partial charge in [-0.05, 0) is 110 Å².